The molecule has 0 saturated carbocycles. The van der Waals surface area contributed by atoms with Crippen molar-refractivity contribution < 1.29 is 4.74 Å². The van der Waals surface area contributed by atoms with Gasteiger partial charge < -0.3 is 14.5 Å². The summed E-state index contributed by atoms with van der Waals surface area (Å²) in [5.74, 6) is 1.64. The van der Waals surface area contributed by atoms with Crippen LogP contribution in [0, 0.1) is 0 Å². The number of hydrogen-bond donors (Lipinski definition) is 0. The molecule has 3 aromatic heterocycles. The molecule has 8 nitrogen and oxygen atoms in total. The van der Waals surface area contributed by atoms with E-state index in [-0.39, 0.29) is 5.56 Å². The highest BCUT2D eigenvalue weighted by Crippen LogP contribution is 2.31. The normalized spacial score (nSPS) is 14.2. The highest BCUT2D eigenvalue weighted by atomic mass is 32.1. The van der Waals surface area contributed by atoms with E-state index in [0.717, 1.165) is 58.7 Å². The van der Waals surface area contributed by atoms with Crippen LogP contribution < -0.4 is 20.1 Å². The zero-order valence-corrected chi connectivity index (χ0v) is 18.0. The minimum absolute atomic E-state index is 0.107. The fraction of sp³-hybridized carbons (Fsp3) is 0.273. The predicted molar refractivity (Wildman–Crippen MR) is 122 cm³/mol. The summed E-state index contributed by atoms with van der Waals surface area (Å²) < 4.78 is 7.97. The number of methoxy groups -OCH3 is 1. The minimum Gasteiger partial charge on any atom is -0.497 e. The number of pyridine rings is 1. The number of anilines is 2. The Morgan fingerprint density at radius 1 is 1.00 bits per heavy atom. The van der Waals surface area contributed by atoms with Crippen LogP contribution in [0.5, 0.6) is 5.75 Å². The van der Waals surface area contributed by atoms with Gasteiger partial charge in [0.1, 0.15) is 11.6 Å². The number of rotatable bonds is 5. The Labute approximate surface area is 183 Å². The Bertz CT molecular complexity index is 1250. The maximum absolute atomic E-state index is 12.3. The quantitative estimate of drug-likeness (QED) is 0.478. The summed E-state index contributed by atoms with van der Waals surface area (Å²) in [6.45, 7) is 3.77. The van der Waals surface area contributed by atoms with E-state index < -0.39 is 0 Å². The van der Waals surface area contributed by atoms with E-state index in [4.69, 9.17) is 9.72 Å². The second kappa shape index (κ2) is 8.35. The van der Waals surface area contributed by atoms with Gasteiger partial charge in [-0.15, -0.1) is 0 Å². The average molecular weight is 435 g/mol. The van der Waals surface area contributed by atoms with Crippen molar-refractivity contribution in [1.82, 2.24) is 19.7 Å². The number of benzene rings is 1. The molecule has 0 N–H and O–H groups in total. The second-order valence-corrected chi connectivity index (χ2v) is 8.36. The van der Waals surface area contributed by atoms with Gasteiger partial charge in [-0.25, -0.2) is 9.67 Å². The third-order valence-corrected chi connectivity index (χ3v) is 6.49. The minimum atomic E-state index is -0.107. The molecular weight excluding hydrogens is 412 g/mol. The lowest BCUT2D eigenvalue weighted by Crippen LogP contribution is -2.47. The van der Waals surface area contributed by atoms with E-state index in [2.05, 4.69) is 25.9 Å². The molecule has 0 radical (unpaired) electrons. The van der Waals surface area contributed by atoms with Gasteiger partial charge in [-0.05, 0) is 35.9 Å². The van der Waals surface area contributed by atoms with E-state index in [1.807, 2.05) is 30.3 Å². The van der Waals surface area contributed by atoms with E-state index in [1.54, 1.807) is 36.9 Å². The van der Waals surface area contributed by atoms with Crippen LogP contribution in [0.25, 0.3) is 10.2 Å². The molecule has 158 valence electrons. The summed E-state index contributed by atoms with van der Waals surface area (Å²) in [6, 6.07) is 13.2. The molecule has 1 saturated heterocycles. The van der Waals surface area contributed by atoms with Gasteiger partial charge in [-0.2, -0.15) is 5.10 Å². The van der Waals surface area contributed by atoms with Crippen LogP contribution >= 0.6 is 11.3 Å². The molecule has 1 aliphatic rings. The van der Waals surface area contributed by atoms with E-state index >= 15 is 0 Å². The standard InChI is InChI=1S/C22H22N6O2S/c1-30-17-2-3-19-18(14-17)24-22(31-19)27-12-10-26(11-13-27)20-4-5-21(29)28(25-20)15-16-6-8-23-9-7-16/h2-9,14H,10-13,15H2,1H3. The molecule has 5 rings (SSSR count). The molecule has 1 fully saturated rings. The molecule has 0 spiro atoms. The first kappa shape index (κ1) is 19.5. The predicted octanol–water partition coefficient (Wildman–Crippen LogP) is 2.63. The molecule has 9 heteroatoms. The van der Waals surface area contributed by atoms with Crippen molar-refractivity contribution in [3.63, 3.8) is 0 Å². The molecule has 0 bridgehead atoms. The molecule has 0 amide bonds. The number of aromatic nitrogens is 4. The average Bonchev–Trinajstić information content (AvgIpc) is 3.25. The van der Waals surface area contributed by atoms with E-state index in [1.165, 1.54) is 4.68 Å². The van der Waals surface area contributed by atoms with Crippen LogP contribution in [-0.2, 0) is 6.54 Å². The number of fused-ring (bicyclic) bond motifs is 1. The largest absolute Gasteiger partial charge is 0.497 e. The third kappa shape index (κ3) is 4.09. The van der Waals surface area contributed by atoms with Crippen LogP contribution in [0.15, 0.2) is 59.7 Å². The van der Waals surface area contributed by atoms with Crippen molar-refractivity contribution in [1.29, 1.82) is 0 Å². The highest BCUT2D eigenvalue weighted by Gasteiger charge is 2.21. The van der Waals surface area contributed by atoms with Crippen LogP contribution in [0.2, 0.25) is 0 Å². The van der Waals surface area contributed by atoms with Crippen LogP contribution in [-0.4, -0.2) is 53.0 Å². The van der Waals surface area contributed by atoms with Crippen LogP contribution in [0.1, 0.15) is 5.56 Å². The number of piperazine rings is 1. The maximum Gasteiger partial charge on any atom is 0.267 e. The van der Waals surface area contributed by atoms with Gasteiger partial charge in [0, 0.05) is 50.7 Å². The van der Waals surface area contributed by atoms with Crippen molar-refractivity contribution in [2.75, 3.05) is 43.1 Å². The molecule has 4 heterocycles. The topological polar surface area (TPSA) is 76.4 Å². The fourth-order valence-corrected chi connectivity index (χ4v) is 4.66. The number of hydrogen-bond acceptors (Lipinski definition) is 8. The SMILES string of the molecule is COc1ccc2sc(N3CCN(c4ccc(=O)n(Cc5ccncc5)n4)CC3)nc2c1. The van der Waals surface area contributed by atoms with Gasteiger partial charge in [-0.1, -0.05) is 11.3 Å². The van der Waals surface area contributed by atoms with Gasteiger partial charge in [0.2, 0.25) is 0 Å². The molecule has 1 aliphatic heterocycles. The van der Waals surface area contributed by atoms with Crippen molar-refractivity contribution in [3.05, 3.63) is 70.8 Å². The number of nitrogens with zero attached hydrogens (tertiary/aromatic N) is 6. The summed E-state index contributed by atoms with van der Waals surface area (Å²) in [4.78, 5) is 25.6. The van der Waals surface area contributed by atoms with E-state index in [0.29, 0.717) is 6.54 Å². The Hall–Kier alpha value is -3.46. The van der Waals surface area contributed by atoms with Gasteiger partial charge in [0.25, 0.3) is 5.56 Å². The zero-order chi connectivity index (χ0) is 21.2. The van der Waals surface area contributed by atoms with Crippen LogP contribution in [0.3, 0.4) is 0 Å². The van der Waals surface area contributed by atoms with Crippen molar-refractivity contribution in [2.45, 2.75) is 6.54 Å². The lowest BCUT2D eigenvalue weighted by atomic mass is 10.3. The van der Waals surface area contributed by atoms with Gasteiger partial charge in [0.05, 0.1) is 23.9 Å². The summed E-state index contributed by atoms with van der Waals surface area (Å²) in [6.07, 6.45) is 3.45. The lowest BCUT2D eigenvalue weighted by molar-refractivity contribution is 0.415. The Kier molecular flexibility index (Phi) is 5.25. The van der Waals surface area contributed by atoms with Gasteiger partial charge in [-0.3, -0.25) is 9.78 Å². The summed E-state index contributed by atoms with van der Waals surface area (Å²) in [5, 5.41) is 5.63. The van der Waals surface area contributed by atoms with Crippen molar-refractivity contribution in [3.8, 4) is 5.75 Å². The summed E-state index contributed by atoms with van der Waals surface area (Å²) in [5.41, 5.74) is 1.86. The summed E-state index contributed by atoms with van der Waals surface area (Å²) >= 11 is 1.70. The molecule has 0 atom stereocenters. The lowest BCUT2D eigenvalue weighted by Gasteiger charge is -2.35. The van der Waals surface area contributed by atoms with E-state index in [9.17, 15) is 4.79 Å². The third-order valence-electron chi connectivity index (χ3n) is 5.39. The Balaban J connectivity index is 1.29. The molecule has 4 aromatic rings. The first-order valence-electron chi connectivity index (χ1n) is 10.1. The van der Waals surface area contributed by atoms with Crippen LogP contribution in [0.4, 0.5) is 10.9 Å². The molecule has 31 heavy (non-hydrogen) atoms. The molecule has 0 unspecified atom stereocenters. The monoisotopic (exact) mass is 434 g/mol. The highest BCUT2D eigenvalue weighted by molar-refractivity contribution is 7.22. The zero-order valence-electron chi connectivity index (χ0n) is 17.1. The summed E-state index contributed by atoms with van der Waals surface area (Å²) in [7, 11) is 1.67. The fourth-order valence-electron chi connectivity index (χ4n) is 3.67. The smallest absolute Gasteiger partial charge is 0.267 e. The maximum atomic E-state index is 12.3. The van der Waals surface area contributed by atoms with Crippen molar-refractivity contribution in [2.24, 2.45) is 0 Å². The Morgan fingerprint density at radius 3 is 2.55 bits per heavy atom. The molecule has 1 aromatic carbocycles. The van der Waals surface area contributed by atoms with Crippen molar-refractivity contribution >= 4 is 32.5 Å². The number of ether oxygens (including phenoxy) is 1. The Morgan fingerprint density at radius 2 is 1.77 bits per heavy atom. The first-order chi connectivity index (χ1) is 15.2. The molecule has 0 aliphatic carbocycles. The van der Waals surface area contributed by atoms with Gasteiger partial charge in [0.15, 0.2) is 5.13 Å². The second-order valence-electron chi connectivity index (χ2n) is 7.35. The first-order valence-corrected chi connectivity index (χ1v) is 10.9. The number of thiazole rings is 1. The molecular formula is C22H22N6O2S. The van der Waals surface area contributed by atoms with Gasteiger partial charge >= 0.3 is 0 Å².